The zero-order chi connectivity index (χ0) is 15.9. The van der Waals surface area contributed by atoms with Gasteiger partial charge >= 0.3 is 0 Å². The van der Waals surface area contributed by atoms with Crippen LogP contribution in [-0.2, 0) is 5.66 Å². The fraction of sp³-hybridized carbons (Fsp3) is 0.600. The second-order valence-electron chi connectivity index (χ2n) is 6.77. The molecule has 0 atom stereocenters. The number of hydrogen-bond donors (Lipinski definition) is 0. The van der Waals surface area contributed by atoms with Crippen LogP contribution in [0.1, 0.15) is 48.2 Å². The number of hydrogen-bond acceptors (Lipinski definition) is 2. The second-order valence-corrected chi connectivity index (χ2v) is 7.48. The first-order chi connectivity index (χ1) is 10.2. The molecule has 0 aromatic carbocycles. The lowest BCUT2D eigenvalue weighted by Crippen LogP contribution is -2.49. The van der Waals surface area contributed by atoms with Gasteiger partial charge in [0.25, 0.3) is 17.4 Å². The molecule has 2 saturated carbocycles. The number of fused-ring (bicyclic) bond motifs is 2. The Morgan fingerprint density at radius 3 is 2.27 bits per heavy atom. The van der Waals surface area contributed by atoms with E-state index in [-0.39, 0.29) is 17.9 Å². The number of pyridine rings is 1. The molecule has 7 heteroatoms. The minimum Gasteiger partial charge on any atom is -0.278 e. The van der Waals surface area contributed by atoms with Crippen LogP contribution in [0.25, 0.3) is 0 Å². The van der Waals surface area contributed by atoms with Crippen LogP contribution in [-0.4, -0.2) is 20.3 Å². The molecule has 22 heavy (non-hydrogen) atoms. The van der Waals surface area contributed by atoms with E-state index < -0.39 is 17.0 Å². The first-order valence-corrected chi connectivity index (χ1v) is 8.06. The minimum atomic E-state index is -2.59. The molecule has 2 spiro atoms. The molecule has 0 N–H and O–H groups in total. The Bertz CT molecular complexity index is 750. The van der Waals surface area contributed by atoms with Crippen molar-refractivity contribution in [2.24, 2.45) is 5.41 Å². The maximum atomic E-state index is 13.6. The fourth-order valence-electron chi connectivity index (χ4n) is 4.16. The molecule has 1 aromatic heterocycles. The van der Waals surface area contributed by atoms with Gasteiger partial charge in [-0.1, -0.05) is 6.07 Å². The third kappa shape index (κ3) is 1.50. The highest BCUT2D eigenvalue weighted by Crippen LogP contribution is 2.69. The predicted molar refractivity (Wildman–Crippen MR) is 79.0 cm³/mol. The van der Waals surface area contributed by atoms with E-state index in [0.29, 0.717) is 31.4 Å². The molecule has 2 aliphatic carbocycles. The lowest BCUT2D eigenvalue weighted by molar-refractivity contribution is 0.00292. The van der Waals surface area contributed by atoms with Crippen LogP contribution in [0.5, 0.6) is 0 Å². The van der Waals surface area contributed by atoms with Crippen LogP contribution in [0, 0.1) is 12.3 Å². The van der Waals surface area contributed by atoms with Crippen molar-refractivity contribution in [2.75, 3.05) is 0 Å². The lowest BCUT2D eigenvalue weighted by Gasteiger charge is -2.41. The zero-order valence-electron chi connectivity index (χ0n) is 12.0. The highest BCUT2D eigenvalue weighted by atomic mass is 79.9. The Balaban J connectivity index is 1.81. The quantitative estimate of drug-likeness (QED) is 0.656. The van der Waals surface area contributed by atoms with Gasteiger partial charge in [0.05, 0.1) is 16.1 Å². The molecule has 1 aliphatic heterocycles. The summed E-state index contributed by atoms with van der Waals surface area (Å²) in [6, 6.07) is 3.07. The summed E-state index contributed by atoms with van der Waals surface area (Å²) >= 11 is 3.29. The van der Waals surface area contributed by atoms with Gasteiger partial charge in [0, 0.05) is 17.9 Å². The molecular formula is C15H15BrF2N2O2. The van der Waals surface area contributed by atoms with Crippen molar-refractivity contribution >= 4 is 22.1 Å². The van der Waals surface area contributed by atoms with E-state index in [1.807, 2.05) is 0 Å². The number of amides is 1. The first kappa shape index (κ1) is 14.4. The Morgan fingerprint density at radius 1 is 1.14 bits per heavy atom. The molecule has 1 aromatic rings. The number of halogens is 3. The highest BCUT2D eigenvalue weighted by molar-refractivity contribution is 9.07. The van der Waals surface area contributed by atoms with Gasteiger partial charge in [-0.25, -0.2) is 12.7 Å². The molecule has 118 valence electrons. The van der Waals surface area contributed by atoms with Gasteiger partial charge in [-0.05, 0) is 38.2 Å². The predicted octanol–water partition coefficient (Wildman–Crippen LogP) is 3.17. The summed E-state index contributed by atoms with van der Waals surface area (Å²) in [6.07, 6.45) is 1.33. The molecule has 2 heterocycles. The Hall–Kier alpha value is -1.24. The number of carbonyl (C=O) groups excluding carboxylic acids is 1. The monoisotopic (exact) mass is 372 g/mol. The molecular weight excluding hydrogens is 358 g/mol. The van der Waals surface area contributed by atoms with Gasteiger partial charge in [0.1, 0.15) is 11.4 Å². The normalized spacial score (nSPS) is 35.3. The van der Waals surface area contributed by atoms with Crippen LogP contribution in [0.4, 0.5) is 8.78 Å². The third-order valence-corrected chi connectivity index (χ3v) is 6.66. The van der Waals surface area contributed by atoms with E-state index in [9.17, 15) is 18.4 Å². The Labute approximate surface area is 134 Å². The summed E-state index contributed by atoms with van der Waals surface area (Å²) in [6.45, 7) is 1.78. The van der Waals surface area contributed by atoms with Crippen LogP contribution in [0.15, 0.2) is 16.9 Å². The Kier molecular flexibility index (Phi) is 2.60. The summed E-state index contributed by atoms with van der Waals surface area (Å²) in [5, 5.41) is 0. The maximum Gasteiger partial charge on any atom is 0.282 e. The number of carbonyl (C=O) groups is 1. The highest BCUT2D eigenvalue weighted by Gasteiger charge is 2.72. The van der Waals surface area contributed by atoms with Crippen molar-refractivity contribution < 1.29 is 13.6 Å². The van der Waals surface area contributed by atoms with Crippen molar-refractivity contribution in [3.8, 4) is 0 Å². The van der Waals surface area contributed by atoms with Gasteiger partial charge < -0.3 is 0 Å². The van der Waals surface area contributed by atoms with Crippen molar-refractivity contribution in [3.05, 3.63) is 33.7 Å². The molecule has 4 rings (SSSR count). The van der Waals surface area contributed by atoms with Gasteiger partial charge in [0.2, 0.25) is 0 Å². The average Bonchev–Trinajstić information content (AvgIpc) is 2.93. The van der Waals surface area contributed by atoms with Crippen molar-refractivity contribution in [3.63, 3.8) is 0 Å². The van der Waals surface area contributed by atoms with E-state index in [0.717, 1.165) is 5.56 Å². The topological polar surface area (TPSA) is 42.3 Å². The van der Waals surface area contributed by atoms with Crippen molar-refractivity contribution in [2.45, 2.75) is 50.6 Å². The number of aromatic nitrogens is 1. The number of nitrogens with zero attached hydrogens (tertiary/aromatic N) is 2. The molecule has 1 amide bonds. The van der Waals surface area contributed by atoms with E-state index >= 15 is 0 Å². The largest absolute Gasteiger partial charge is 0.282 e. The first-order valence-electron chi connectivity index (χ1n) is 7.36. The molecule has 0 saturated heterocycles. The minimum absolute atomic E-state index is 0.0676. The standard InChI is InChI=1S/C15H15BrF2N2O2/c1-9-2-3-10(21)19-11(9)12(22)20(16)14(19)6-4-13(5-7-14)8-15(13,17)18/h2-3H,4-8H2,1H3. The van der Waals surface area contributed by atoms with Crippen LogP contribution >= 0.6 is 16.1 Å². The van der Waals surface area contributed by atoms with Gasteiger partial charge in [-0.3, -0.25) is 14.2 Å². The van der Waals surface area contributed by atoms with Crippen LogP contribution < -0.4 is 5.56 Å². The van der Waals surface area contributed by atoms with Gasteiger partial charge in [-0.2, -0.15) is 0 Å². The number of aryl methyl sites for hydroxylation is 1. The summed E-state index contributed by atoms with van der Waals surface area (Å²) < 4.78 is 30.1. The fourth-order valence-corrected chi connectivity index (χ4v) is 4.84. The van der Waals surface area contributed by atoms with Gasteiger partial charge in [-0.15, -0.1) is 0 Å². The zero-order valence-corrected chi connectivity index (χ0v) is 13.6. The number of rotatable bonds is 0. The van der Waals surface area contributed by atoms with Crippen molar-refractivity contribution in [1.29, 1.82) is 0 Å². The maximum absolute atomic E-state index is 13.6. The molecule has 0 radical (unpaired) electrons. The summed E-state index contributed by atoms with van der Waals surface area (Å²) in [4.78, 5) is 24.9. The van der Waals surface area contributed by atoms with Crippen molar-refractivity contribution in [1.82, 2.24) is 8.49 Å². The van der Waals surface area contributed by atoms with Gasteiger partial charge in [0.15, 0.2) is 0 Å². The third-order valence-electron chi connectivity index (χ3n) is 5.68. The van der Waals surface area contributed by atoms with E-state index in [4.69, 9.17) is 0 Å². The molecule has 2 fully saturated rings. The SMILES string of the molecule is Cc1ccc(=O)n2c1C(=O)N(Br)C21CCC2(CC1)CC2(F)F. The van der Waals surface area contributed by atoms with E-state index in [2.05, 4.69) is 16.1 Å². The summed E-state index contributed by atoms with van der Waals surface area (Å²) in [5.74, 6) is -2.86. The molecule has 0 bridgehead atoms. The average molecular weight is 373 g/mol. The lowest BCUT2D eigenvalue weighted by atomic mass is 9.79. The van der Waals surface area contributed by atoms with E-state index in [1.165, 1.54) is 14.6 Å². The smallest absolute Gasteiger partial charge is 0.278 e. The van der Waals surface area contributed by atoms with E-state index in [1.54, 1.807) is 13.0 Å². The number of alkyl halides is 2. The molecule has 0 unspecified atom stereocenters. The van der Waals surface area contributed by atoms with Crippen LogP contribution in [0.2, 0.25) is 0 Å². The van der Waals surface area contributed by atoms with Crippen LogP contribution in [0.3, 0.4) is 0 Å². The second kappa shape index (κ2) is 3.99. The molecule has 4 nitrogen and oxygen atoms in total. The Morgan fingerprint density at radius 2 is 1.73 bits per heavy atom. The summed E-state index contributed by atoms with van der Waals surface area (Å²) in [5.41, 5.74) is -0.926. The summed E-state index contributed by atoms with van der Waals surface area (Å²) in [7, 11) is 0. The molecule has 3 aliphatic rings.